The molecule has 1 heterocycles. The van der Waals surface area contributed by atoms with Crippen LogP contribution in [-0.4, -0.2) is 17.4 Å². The summed E-state index contributed by atoms with van der Waals surface area (Å²) in [6.07, 6.45) is 0.534. The monoisotopic (exact) mass is 274 g/mol. The molecule has 0 fully saturated rings. The molecular weight excluding hydrogens is 256 g/mol. The van der Waals surface area contributed by atoms with Crippen molar-refractivity contribution in [3.05, 3.63) is 40.9 Å². The first-order valence-electron chi connectivity index (χ1n) is 6.17. The van der Waals surface area contributed by atoms with E-state index >= 15 is 0 Å². The van der Waals surface area contributed by atoms with E-state index in [1.165, 1.54) is 4.88 Å². The SMILES string of the molecule is Cc1nc(N(CCC(=N)N)c2ccccc2)sc1C. The Labute approximate surface area is 117 Å². The van der Waals surface area contributed by atoms with Crippen molar-refractivity contribution in [2.75, 3.05) is 11.4 Å². The molecule has 0 unspecified atom stereocenters. The number of thiazole rings is 1. The van der Waals surface area contributed by atoms with Crippen LogP contribution < -0.4 is 10.6 Å². The van der Waals surface area contributed by atoms with Gasteiger partial charge < -0.3 is 10.6 Å². The van der Waals surface area contributed by atoms with Gasteiger partial charge in [-0.05, 0) is 26.0 Å². The Morgan fingerprint density at radius 2 is 2.00 bits per heavy atom. The number of nitrogens with zero attached hydrogens (tertiary/aromatic N) is 2. The highest BCUT2D eigenvalue weighted by molar-refractivity contribution is 7.15. The van der Waals surface area contributed by atoms with E-state index in [0.717, 1.165) is 16.5 Å². The normalized spacial score (nSPS) is 10.4. The van der Waals surface area contributed by atoms with Gasteiger partial charge in [-0.15, -0.1) is 11.3 Å². The molecule has 0 saturated carbocycles. The molecule has 0 amide bonds. The van der Waals surface area contributed by atoms with Gasteiger partial charge in [0.25, 0.3) is 0 Å². The lowest BCUT2D eigenvalue weighted by molar-refractivity contribution is 0.943. The Morgan fingerprint density at radius 3 is 2.53 bits per heavy atom. The molecule has 19 heavy (non-hydrogen) atoms. The summed E-state index contributed by atoms with van der Waals surface area (Å²) >= 11 is 1.67. The third kappa shape index (κ3) is 3.32. The van der Waals surface area contributed by atoms with E-state index in [-0.39, 0.29) is 5.84 Å². The molecule has 2 rings (SSSR count). The zero-order valence-corrected chi connectivity index (χ0v) is 12.0. The number of aryl methyl sites for hydroxylation is 2. The molecule has 0 bridgehead atoms. The van der Waals surface area contributed by atoms with Crippen LogP contribution in [0.3, 0.4) is 0 Å². The van der Waals surface area contributed by atoms with Crippen molar-refractivity contribution in [3.63, 3.8) is 0 Å². The maximum Gasteiger partial charge on any atom is 0.190 e. The molecule has 100 valence electrons. The lowest BCUT2D eigenvalue weighted by Gasteiger charge is -2.21. The average molecular weight is 274 g/mol. The lowest BCUT2D eigenvalue weighted by atomic mass is 10.3. The van der Waals surface area contributed by atoms with Gasteiger partial charge in [-0.3, -0.25) is 5.41 Å². The van der Waals surface area contributed by atoms with Crippen LogP contribution in [0.5, 0.6) is 0 Å². The summed E-state index contributed by atoms with van der Waals surface area (Å²) in [5.41, 5.74) is 7.61. The minimum Gasteiger partial charge on any atom is -0.388 e. The molecule has 5 heteroatoms. The highest BCUT2D eigenvalue weighted by atomic mass is 32.1. The molecule has 0 radical (unpaired) electrons. The molecule has 0 atom stereocenters. The minimum absolute atomic E-state index is 0.200. The number of para-hydroxylation sites is 1. The number of benzene rings is 1. The van der Waals surface area contributed by atoms with E-state index in [0.29, 0.717) is 13.0 Å². The van der Waals surface area contributed by atoms with Gasteiger partial charge in [0.05, 0.1) is 11.5 Å². The van der Waals surface area contributed by atoms with Crippen LogP contribution in [0.15, 0.2) is 30.3 Å². The highest BCUT2D eigenvalue weighted by Crippen LogP contribution is 2.31. The summed E-state index contributed by atoms with van der Waals surface area (Å²) in [5, 5.41) is 8.35. The van der Waals surface area contributed by atoms with Gasteiger partial charge in [0.2, 0.25) is 0 Å². The summed E-state index contributed by atoms with van der Waals surface area (Å²) in [4.78, 5) is 7.94. The van der Waals surface area contributed by atoms with Crippen molar-refractivity contribution in [1.82, 2.24) is 4.98 Å². The summed E-state index contributed by atoms with van der Waals surface area (Å²) < 4.78 is 0. The van der Waals surface area contributed by atoms with Gasteiger partial charge >= 0.3 is 0 Å². The first kappa shape index (κ1) is 13.5. The number of hydrogen-bond acceptors (Lipinski definition) is 4. The second-order valence-corrected chi connectivity index (χ2v) is 5.58. The predicted molar refractivity (Wildman–Crippen MR) is 81.6 cm³/mol. The van der Waals surface area contributed by atoms with Crippen LogP contribution in [0.2, 0.25) is 0 Å². The Morgan fingerprint density at radius 1 is 1.32 bits per heavy atom. The first-order chi connectivity index (χ1) is 9.08. The van der Waals surface area contributed by atoms with Crippen molar-refractivity contribution >= 4 is 28.0 Å². The molecule has 0 aliphatic rings. The molecule has 1 aromatic carbocycles. The standard InChI is InChI=1S/C14H18N4S/c1-10-11(2)19-14(17-10)18(9-8-13(15)16)12-6-4-3-5-7-12/h3-7H,8-9H2,1-2H3,(H3,15,16). The summed E-state index contributed by atoms with van der Waals surface area (Å²) in [7, 11) is 0. The van der Waals surface area contributed by atoms with Crippen molar-refractivity contribution in [2.24, 2.45) is 5.73 Å². The van der Waals surface area contributed by atoms with Gasteiger partial charge in [-0.1, -0.05) is 18.2 Å². The number of amidine groups is 1. The van der Waals surface area contributed by atoms with Crippen molar-refractivity contribution in [2.45, 2.75) is 20.3 Å². The molecule has 1 aromatic heterocycles. The molecule has 0 spiro atoms. The van der Waals surface area contributed by atoms with Crippen LogP contribution in [0, 0.1) is 19.3 Å². The smallest absolute Gasteiger partial charge is 0.190 e. The number of nitrogens with one attached hydrogen (secondary N) is 1. The van der Waals surface area contributed by atoms with Crippen molar-refractivity contribution in [3.8, 4) is 0 Å². The molecule has 0 aliphatic heterocycles. The predicted octanol–water partition coefficient (Wildman–Crippen LogP) is 3.22. The van der Waals surface area contributed by atoms with E-state index in [4.69, 9.17) is 11.1 Å². The second-order valence-electron chi connectivity index (χ2n) is 4.40. The van der Waals surface area contributed by atoms with Gasteiger partial charge in [0.1, 0.15) is 0 Å². The zero-order chi connectivity index (χ0) is 13.8. The van der Waals surface area contributed by atoms with Crippen LogP contribution >= 0.6 is 11.3 Å². The van der Waals surface area contributed by atoms with Gasteiger partial charge in [-0.2, -0.15) is 0 Å². The number of aromatic nitrogens is 1. The molecule has 0 saturated heterocycles. The summed E-state index contributed by atoms with van der Waals surface area (Å²) in [5.74, 6) is 0.200. The molecular formula is C14H18N4S. The number of hydrogen-bond donors (Lipinski definition) is 2. The summed E-state index contributed by atoms with van der Waals surface area (Å²) in [6, 6.07) is 10.1. The fraction of sp³-hybridized carbons (Fsp3) is 0.286. The van der Waals surface area contributed by atoms with Gasteiger partial charge in [-0.25, -0.2) is 4.98 Å². The van der Waals surface area contributed by atoms with Crippen LogP contribution in [0.1, 0.15) is 17.0 Å². The highest BCUT2D eigenvalue weighted by Gasteiger charge is 2.14. The largest absolute Gasteiger partial charge is 0.388 e. The summed E-state index contributed by atoms with van der Waals surface area (Å²) in [6.45, 7) is 4.76. The first-order valence-corrected chi connectivity index (χ1v) is 6.99. The minimum atomic E-state index is 0.200. The fourth-order valence-electron chi connectivity index (χ4n) is 1.75. The topological polar surface area (TPSA) is 66.0 Å². The molecule has 0 aliphatic carbocycles. The fourth-order valence-corrected chi connectivity index (χ4v) is 2.70. The van der Waals surface area contributed by atoms with Crippen LogP contribution in [0.25, 0.3) is 0 Å². The average Bonchev–Trinajstić information content (AvgIpc) is 2.70. The maximum atomic E-state index is 7.39. The Hall–Kier alpha value is -1.88. The third-order valence-corrected chi connectivity index (χ3v) is 4.02. The lowest BCUT2D eigenvalue weighted by Crippen LogP contribution is -2.23. The van der Waals surface area contributed by atoms with Crippen LogP contribution in [0.4, 0.5) is 10.8 Å². The zero-order valence-electron chi connectivity index (χ0n) is 11.2. The number of nitrogens with two attached hydrogens (primary N) is 1. The van der Waals surface area contributed by atoms with Crippen LogP contribution in [-0.2, 0) is 0 Å². The Bertz CT molecular complexity index is 543. The number of anilines is 2. The maximum absolute atomic E-state index is 7.39. The number of rotatable bonds is 5. The molecule has 4 nitrogen and oxygen atoms in total. The van der Waals surface area contributed by atoms with Crippen molar-refractivity contribution < 1.29 is 0 Å². The van der Waals surface area contributed by atoms with Gasteiger partial charge in [0, 0.05) is 23.5 Å². The van der Waals surface area contributed by atoms with E-state index in [1.54, 1.807) is 11.3 Å². The second kappa shape index (κ2) is 5.84. The Kier molecular flexibility index (Phi) is 4.16. The van der Waals surface area contributed by atoms with Crippen molar-refractivity contribution in [1.29, 1.82) is 5.41 Å². The van der Waals surface area contributed by atoms with E-state index in [2.05, 4.69) is 16.8 Å². The van der Waals surface area contributed by atoms with E-state index < -0.39 is 0 Å². The quantitative estimate of drug-likeness (QED) is 0.650. The van der Waals surface area contributed by atoms with E-state index in [1.807, 2.05) is 37.3 Å². The Balaban J connectivity index is 2.31. The molecule has 2 aromatic rings. The molecule has 3 N–H and O–H groups in total. The third-order valence-electron chi connectivity index (χ3n) is 2.92. The van der Waals surface area contributed by atoms with E-state index in [9.17, 15) is 0 Å². The van der Waals surface area contributed by atoms with Gasteiger partial charge in [0.15, 0.2) is 5.13 Å².